The summed E-state index contributed by atoms with van der Waals surface area (Å²) >= 11 is 0. The van der Waals surface area contributed by atoms with Gasteiger partial charge in [-0.3, -0.25) is 9.59 Å². The van der Waals surface area contributed by atoms with Crippen LogP contribution in [0.1, 0.15) is 44.9 Å². The SMILES string of the molecule is COC(=O)CC[C@@H](NC(=O)CCC1CCCCN1)C(=O)O. The summed E-state index contributed by atoms with van der Waals surface area (Å²) in [6.07, 6.45) is 4.38. The molecule has 0 aliphatic carbocycles. The van der Waals surface area contributed by atoms with Crippen LogP contribution in [0, 0.1) is 0 Å². The second kappa shape index (κ2) is 9.33. The van der Waals surface area contributed by atoms with Crippen molar-refractivity contribution in [3.8, 4) is 0 Å². The zero-order valence-electron chi connectivity index (χ0n) is 12.4. The van der Waals surface area contributed by atoms with Gasteiger partial charge in [0.25, 0.3) is 0 Å². The van der Waals surface area contributed by atoms with Crippen molar-refractivity contribution in [2.45, 2.75) is 57.0 Å². The van der Waals surface area contributed by atoms with Crippen molar-refractivity contribution in [3.63, 3.8) is 0 Å². The monoisotopic (exact) mass is 300 g/mol. The number of carboxylic acid groups (broad SMARTS) is 1. The fourth-order valence-electron chi connectivity index (χ4n) is 2.36. The molecule has 0 aromatic heterocycles. The summed E-state index contributed by atoms with van der Waals surface area (Å²) in [7, 11) is 1.24. The third kappa shape index (κ3) is 7.08. The Morgan fingerprint density at radius 1 is 1.33 bits per heavy atom. The molecule has 7 nitrogen and oxygen atoms in total. The van der Waals surface area contributed by atoms with E-state index in [-0.39, 0.29) is 18.7 Å². The number of piperidine rings is 1. The highest BCUT2D eigenvalue weighted by Crippen LogP contribution is 2.11. The first-order valence-electron chi connectivity index (χ1n) is 7.35. The maximum Gasteiger partial charge on any atom is 0.326 e. The van der Waals surface area contributed by atoms with E-state index in [9.17, 15) is 14.4 Å². The Bertz CT molecular complexity index is 366. The van der Waals surface area contributed by atoms with E-state index in [1.165, 1.54) is 7.11 Å². The molecule has 0 aromatic carbocycles. The Labute approximate surface area is 124 Å². The number of carbonyl (C=O) groups excluding carboxylic acids is 2. The summed E-state index contributed by atoms with van der Waals surface area (Å²) in [4.78, 5) is 33.9. The Balaban J connectivity index is 2.30. The highest BCUT2D eigenvalue weighted by molar-refractivity contribution is 5.84. The first kappa shape index (κ1) is 17.4. The lowest BCUT2D eigenvalue weighted by Crippen LogP contribution is -2.42. The second-order valence-corrected chi connectivity index (χ2v) is 5.26. The zero-order valence-corrected chi connectivity index (χ0v) is 12.4. The van der Waals surface area contributed by atoms with Crippen molar-refractivity contribution in [2.24, 2.45) is 0 Å². The number of carboxylic acids is 1. The number of ether oxygens (including phenoxy) is 1. The van der Waals surface area contributed by atoms with E-state index in [2.05, 4.69) is 15.4 Å². The van der Waals surface area contributed by atoms with Gasteiger partial charge in [-0.2, -0.15) is 0 Å². The Morgan fingerprint density at radius 3 is 2.67 bits per heavy atom. The van der Waals surface area contributed by atoms with E-state index in [1.54, 1.807) is 0 Å². The number of rotatable bonds is 8. The largest absolute Gasteiger partial charge is 0.480 e. The normalized spacial score (nSPS) is 19.6. The molecule has 0 radical (unpaired) electrons. The highest BCUT2D eigenvalue weighted by atomic mass is 16.5. The molecule has 0 saturated carbocycles. The Morgan fingerprint density at radius 2 is 2.10 bits per heavy atom. The quantitative estimate of drug-likeness (QED) is 0.562. The van der Waals surface area contributed by atoms with Crippen LogP contribution in [-0.2, 0) is 19.1 Å². The molecule has 21 heavy (non-hydrogen) atoms. The topological polar surface area (TPSA) is 105 Å². The van der Waals surface area contributed by atoms with Gasteiger partial charge in [0, 0.05) is 18.9 Å². The maximum absolute atomic E-state index is 11.8. The average Bonchev–Trinajstić information content (AvgIpc) is 2.49. The lowest BCUT2D eigenvalue weighted by molar-refractivity contribution is -0.144. The van der Waals surface area contributed by atoms with E-state index >= 15 is 0 Å². The van der Waals surface area contributed by atoms with Crippen LogP contribution in [0.15, 0.2) is 0 Å². The van der Waals surface area contributed by atoms with Gasteiger partial charge in [-0.25, -0.2) is 4.79 Å². The number of carbonyl (C=O) groups is 3. The van der Waals surface area contributed by atoms with E-state index in [1.807, 2.05) is 0 Å². The molecule has 7 heteroatoms. The molecule has 3 N–H and O–H groups in total. The van der Waals surface area contributed by atoms with E-state index < -0.39 is 18.0 Å². The van der Waals surface area contributed by atoms with Gasteiger partial charge in [0.05, 0.1) is 7.11 Å². The lowest BCUT2D eigenvalue weighted by Gasteiger charge is -2.23. The van der Waals surface area contributed by atoms with E-state index in [4.69, 9.17) is 5.11 Å². The molecule has 1 fully saturated rings. The van der Waals surface area contributed by atoms with Gasteiger partial charge in [-0.15, -0.1) is 0 Å². The van der Waals surface area contributed by atoms with Crippen LogP contribution in [0.25, 0.3) is 0 Å². The standard InChI is InChI=1S/C14H24N2O5/c1-21-13(18)8-6-11(14(19)20)16-12(17)7-5-10-4-2-3-9-15-10/h10-11,15H,2-9H2,1H3,(H,16,17)(H,19,20)/t10?,11-/m1/s1. The first-order chi connectivity index (χ1) is 10.0. The summed E-state index contributed by atoms with van der Waals surface area (Å²) in [5.74, 6) is -1.91. The Hall–Kier alpha value is -1.63. The first-order valence-corrected chi connectivity index (χ1v) is 7.35. The van der Waals surface area contributed by atoms with Crippen molar-refractivity contribution in [1.82, 2.24) is 10.6 Å². The van der Waals surface area contributed by atoms with Crippen LogP contribution in [-0.4, -0.2) is 48.7 Å². The van der Waals surface area contributed by atoms with Gasteiger partial charge in [0.2, 0.25) is 5.91 Å². The van der Waals surface area contributed by atoms with Crippen LogP contribution >= 0.6 is 0 Å². The van der Waals surface area contributed by atoms with Gasteiger partial charge < -0.3 is 20.5 Å². The molecule has 1 unspecified atom stereocenters. The molecule has 0 aromatic rings. The number of amides is 1. The van der Waals surface area contributed by atoms with Gasteiger partial charge in [-0.1, -0.05) is 6.42 Å². The fraction of sp³-hybridized carbons (Fsp3) is 0.786. The molecular formula is C14H24N2O5. The second-order valence-electron chi connectivity index (χ2n) is 5.26. The van der Waals surface area contributed by atoms with Crippen LogP contribution in [0.4, 0.5) is 0 Å². The van der Waals surface area contributed by atoms with Crippen molar-refractivity contribution >= 4 is 17.8 Å². The molecule has 2 atom stereocenters. The molecule has 0 spiro atoms. The summed E-state index contributed by atoms with van der Waals surface area (Å²) < 4.78 is 4.46. The van der Waals surface area contributed by atoms with Crippen LogP contribution < -0.4 is 10.6 Å². The number of nitrogens with one attached hydrogen (secondary N) is 2. The third-order valence-corrected chi connectivity index (χ3v) is 3.63. The zero-order chi connectivity index (χ0) is 15.7. The number of esters is 1. The third-order valence-electron chi connectivity index (χ3n) is 3.63. The average molecular weight is 300 g/mol. The van der Waals surface area contributed by atoms with Crippen LogP contribution in [0.3, 0.4) is 0 Å². The predicted octanol–water partition coefficient (Wildman–Crippen LogP) is 0.431. The summed E-state index contributed by atoms with van der Waals surface area (Å²) in [6.45, 7) is 0.975. The van der Waals surface area contributed by atoms with Gasteiger partial charge in [0.15, 0.2) is 0 Å². The van der Waals surface area contributed by atoms with Crippen molar-refractivity contribution in [3.05, 3.63) is 0 Å². The number of hydrogen-bond donors (Lipinski definition) is 3. The number of methoxy groups -OCH3 is 1. The predicted molar refractivity (Wildman–Crippen MR) is 75.7 cm³/mol. The maximum atomic E-state index is 11.8. The summed E-state index contributed by atoms with van der Waals surface area (Å²) in [6, 6.07) is -0.709. The Kier molecular flexibility index (Phi) is 7.74. The fourth-order valence-corrected chi connectivity index (χ4v) is 2.36. The van der Waals surface area contributed by atoms with Gasteiger partial charge >= 0.3 is 11.9 Å². The molecule has 120 valence electrons. The summed E-state index contributed by atoms with van der Waals surface area (Å²) in [5, 5.41) is 14.8. The van der Waals surface area contributed by atoms with E-state index in [0.717, 1.165) is 25.8 Å². The molecule has 1 heterocycles. The molecule has 1 saturated heterocycles. The van der Waals surface area contributed by atoms with E-state index in [0.29, 0.717) is 18.9 Å². The minimum Gasteiger partial charge on any atom is -0.480 e. The van der Waals surface area contributed by atoms with Crippen molar-refractivity contribution in [2.75, 3.05) is 13.7 Å². The van der Waals surface area contributed by atoms with Crippen molar-refractivity contribution in [1.29, 1.82) is 0 Å². The molecule has 0 bridgehead atoms. The lowest BCUT2D eigenvalue weighted by atomic mass is 10.0. The van der Waals surface area contributed by atoms with Crippen molar-refractivity contribution < 1.29 is 24.2 Å². The number of aliphatic carboxylic acids is 1. The molecule has 1 aliphatic rings. The molecular weight excluding hydrogens is 276 g/mol. The molecule has 1 aliphatic heterocycles. The molecule has 1 rings (SSSR count). The minimum atomic E-state index is -1.14. The molecule has 1 amide bonds. The van der Waals surface area contributed by atoms with Gasteiger partial charge in [-0.05, 0) is 32.2 Å². The highest BCUT2D eigenvalue weighted by Gasteiger charge is 2.22. The number of hydrogen-bond acceptors (Lipinski definition) is 5. The van der Waals surface area contributed by atoms with Crippen LogP contribution in [0.5, 0.6) is 0 Å². The smallest absolute Gasteiger partial charge is 0.326 e. The summed E-state index contributed by atoms with van der Waals surface area (Å²) in [5.41, 5.74) is 0. The minimum absolute atomic E-state index is 0.0298. The van der Waals surface area contributed by atoms with Crippen LogP contribution in [0.2, 0.25) is 0 Å². The van der Waals surface area contributed by atoms with Gasteiger partial charge in [0.1, 0.15) is 6.04 Å².